The molecule has 2 aliphatic rings. The summed E-state index contributed by atoms with van der Waals surface area (Å²) in [6, 6.07) is 2.98. The van der Waals surface area contributed by atoms with E-state index < -0.39 is 0 Å². The molecule has 82 valence electrons. The van der Waals surface area contributed by atoms with Gasteiger partial charge < -0.3 is 5.32 Å². The maximum atomic E-state index is 3.76. The Labute approximate surface area is 95.9 Å². The van der Waals surface area contributed by atoms with Gasteiger partial charge in [0.25, 0.3) is 0 Å². The van der Waals surface area contributed by atoms with E-state index in [1.807, 2.05) is 11.3 Å². The lowest BCUT2D eigenvalue weighted by Crippen LogP contribution is -2.37. The van der Waals surface area contributed by atoms with Crippen LogP contribution in [0.4, 0.5) is 0 Å². The molecule has 0 bridgehead atoms. The van der Waals surface area contributed by atoms with Gasteiger partial charge in [0.1, 0.15) is 0 Å². The number of thiophene rings is 1. The first-order valence-electron chi connectivity index (χ1n) is 6.04. The van der Waals surface area contributed by atoms with Crippen LogP contribution in [-0.2, 0) is 6.42 Å². The Bertz CT molecular complexity index is 362. The molecule has 1 unspecified atom stereocenters. The minimum Gasteiger partial charge on any atom is -0.308 e. The van der Waals surface area contributed by atoms with E-state index in [0.717, 1.165) is 5.92 Å². The van der Waals surface area contributed by atoms with E-state index in [0.29, 0.717) is 11.5 Å². The second kappa shape index (κ2) is 3.33. The van der Waals surface area contributed by atoms with E-state index in [1.54, 1.807) is 10.4 Å². The second-order valence-electron chi connectivity index (χ2n) is 5.34. The molecule has 0 saturated heterocycles. The van der Waals surface area contributed by atoms with Crippen LogP contribution in [0.5, 0.6) is 0 Å². The summed E-state index contributed by atoms with van der Waals surface area (Å²) in [6.07, 6.45) is 4.06. The van der Waals surface area contributed by atoms with Crippen molar-refractivity contribution in [1.29, 1.82) is 0 Å². The van der Waals surface area contributed by atoms with Gasteiger partial charge in [0.2, 0.25) is 0 Å². The average Bonchev–Trinajstić information content (AvgIpc) is 2.89. The fourth-order valence-electron chi connectivity index (χ4n) is 3.06. The Morgan fingerprint density at radius 3 is 2.93 bits per heavy atom. The average molecular weight is 221 g/mol. The molecule has 2 heteroatoms. The topological polar surface area (TPSA) is 12.0 Å². The van der Waals surface area contributed by atoms with Gasteiger partial charge in [-0.1, -0.05) is 13.8 Å². The molecule has 1 fully saturated rings. The lowest BCUT2D eigenvalue weighted by Gasteiger charge is -2.34. The van der Waals surface area contributed by atoms with Gasteiger partial charge in [-0.25, -0.2) is 0 Å². The van der Waals surface area contributed by atoms with Crippen LogP contribution in [0, 0.1) is 11.3 Å². The van der Waals surface area contributed by atoms with Crippen LogP contribution >= 0.6 is 11.3 Å². The SMILES string of the molecule is CC(C)C1(C2NCCc3ccsc32)CC1. The lowest BCUT2D eigenvalue weighted by atomic mass is 9.81. The predicted molar refractivity (Wildman–Crippen MR) is 65.3 cm³/mol. The van der Waals surface area contributed by atoms with Crippen LogP contribution in [0.1, 0.15) is 43.2 Å². The maximum Gasteiger partial charge on any atom is 0.0477 e. The quantitative estimate of drug-likeness (QED) is 0.807. The zero-order valence-electron chi connectivity index (χ0n) is 9.55. The van der Waals surface area contributed by atoms with E-state index in [9.17, 15) is 0 Å². The fourth-order valence-corrected chi connectivity index (χ4v) is 4.21. The molecule has 1 aliphatic heterocycles. The summed E-state index contributed by atoms with van der Waals surface area (Å²) < 4.78 is 0. The molecule has 1 atom stereocenters. The van der Waals surface area contributed by atoms with Gasteiger partial charge >= 0.3 is 0 Å². The van der Waals surface area contributed by atoms with E-state index in [1.165, 1.54) is 25.8 Å². The van der Waals surface area contributed by atoms with Gasteiger partial charge in [-0.15, -0.1) is 11.3 Å². The Kier molecular flexibility index (Phi) is 2.18. The molecule has 0 radical (unpaired) electrons. The Morgan fingerprint density at radius 1 is 1.47 bits per heavy atom. The van der Waals surface area contributed by atoms with Crippen LogP contribution in [0.25, 0.3) is 0 Å². The molecular weight excluding hydrogens is 202 g/mol. The second-order valence-corrected chi connectivity index (χ2v) is 6.28. The zero-order chi connectivity index (χ0) is 10.5. The maximum absolute atomic E-state index is 3.76. The van der Waals surface area contributed by atoms with E-state index in [4.69, 9.17) is 0 Å². The normalized spacial score (nSPS) is 27.8. The first kappa shape index (κ1) is 9.86. The highest BCUT2D eigenvalue weighted by Crippen LogP contribution is 2.61. The van der Waals surface area contributed by atoms with E-state index in [2.05, 4.69) is 30.6 Å². The minimum atomic E-state index is 0.583. The highest BCUT2D eigenvalue weighted by molar-refractivity contribution is 7.10. The third-order valence-electron chi connectivity index (χ3n) is 4.34. The summed E-state index contributed by atoms with van der Waals surface area (Å²) in [5.74, 6) is 0.808. The first-order valence-corrected chi connectivity index (χ1v) is 6.92. The summed E-state index contributed by atoms with van der Waals surface area (Å²) in [5.41, 5.74) is 2.19. The predicted octanol–water partition coefficient (Wildman–Crippen LogP) is 3.37. The highest BCUT2D eigenvalue weighted by Gasteiger charge is 2.53. The van der Waals surface area contributed by atoms with Crippen molar-refractivity contribution in [2.24, 2.45) is 11.3 Å². The minimum absolute atomic E-state index is 0.583. The van der Waals surface area contributed by atoms with Gasteiger partial charge in [0, 0.05) is 10.9 Å². The Morgan fingerprint density at radius 2 is 2.27 bits per heavy atom. The largest absolute Gasteiger partial charge is 0.308 e. The summed E-state index contributed by atoms with van der Waals surface area (Å²) in [4.78, 5) is 1.63. The molecule has 3 rings (SSSR count). The molecule has 1 nitrogen and oxygen atoms in total. The third kappa shape index (κ3) is 1.38. The Hall–Kier alpha value is -0.340. The van der Waals surface area contributed by atoms with Crippen molar-refractivity contribution in [2.75, 3.05) is 6.54 Å². The van der Waals surface area contributed by atoms with Gasteiger partial charge in [-0.05, 0) is 54.1 Å². The van der Waals surface area contributed by atoms with E-state index in [-0.39, 0.29) is 0 Å². The number of hydrogen-bond donors (Lipinski definition) is 1. The molecule has 0 aromatic carbocycles. The molecule has 1 N–H and O–H groups in total. The summed E-state index contributed by atoms with van der Waals surface area (Å²) >= 11 is 1.96. The van der Waals surface area contributed by atoms with Gasteiger partial charge in [-0.2, -0.15) is 0 Å². The molecule has 0 amide bonds. The molecule has 1 aromatic heterocycles. The molecule has 15 heavy (non-hydrogen) atoms. The van der Waals surface area contributed by atoms with Crippen molar-refractivity contribution in [3.8, 4) is 0 Å². The van der Waals surface area contributed by atoms with Gasteiger partial charge in [0.15, 0.2) is 0 Å². The van der Waals surface area contributed by atoms with Crippen LogP contribution < -0.4 is 5.32 Å². The van der Waals surface area contributed by atoms with Crippen molar-refractivity contribution < 1.29 is 0 Å². The van der Waals surface area contributed by atoms with Crippen LogP contribution in [-0.4, -0.2) is 6.54 Å². The monoisotopic (exact) mass is 221 g/mol. The molecular formula is C13H19NS. The standard InChI is InChI=1S/C13H19NS/c1-9(2)13(5-6-13)12-11-10(3-7-14-12)4-8-15-11/h4,8-9,12,14H,3,5-7H2,1-2H3. The third-order valence-corrected chi connectivity index (χ3v) is 5.36. The number of fused-ring (bicyclic) bond motifs is 1. The van der Waals surface area contributed by atoms with Crippen molar-refractivity contribution in [3.05, 3.63) is 21.9 Å². The van der Waals surface area contributed by atoms with Crippen LogP contribution in [0.2, 0.25) is 0 Å². The van der Waals surface area contributed by atoms with E-state index >= 15 is 0 Å². The molecule has 2 heterocycles. The Balaban J connectivity index is 1.96. The van der Waals surface area contributed by atoms with Crippen molar-refractivity contribution in [3.63, 3.8) is 0 Å². The summed E-state index contributed by atoms with van der Waals surface area (Å²) in [7, 11) is 0. The van der Waals surface area contributed by atoms with Crippen molar-refractivity contribution >= 4 is 11.3 Å². The smallest absolute Gasteiger partial charge is 0.0477 e. The fraction of sp³-hybridized carbons (Fsp3) is 0.692. The zero-order valence-corrected chi connectivity index (χ0v) is 10.4. The number of rotatable bonds is 2. The highest BCUT2D eigenvalue weighted by atomic mass is 32.1. The van der Waals surface area contributed by atoms with Crippen molar-refractivity contribution in [2.45, 2.75) is 39.2 Å². The summed E-state index contributed by atoms with van der Waals surface area (Å²) in [6.45, 7) is 5.94. The molecule has 0 spiro atoms. The van der Waals surface area contributed by atoms with Gasteiger partial charge in [-0.3, -0.25) is 0 Å². The van der Waals surface area contributed by atoms with Crippen LogP contribution in [0.15, 0.2) is 11.4 Å². The number of nitrogens with one attached hydrogen (secondary N) is 1. The lowest BCUT2D eigenvalue weighted by molar-refractivity contribution is 0.249. The van der Waals surface area contributed by atoms with Crippen LogP contribution in [0.3, 0.4) is 0 Å². The number of hydrogen-bond acceptors (Lipinski definition) is 2. The molecule has 1 aliphatic carbocycles. The molecule has 1 saturated carbocycles. The first-order chi connectivity index (χ1) is 7.24. The van der Waals surface area contributed by atoms with Crippen molar-refractivity contribution in [1.82, 2.24) is 5.32 Å². The molecule has 1 aromatic rings. The summed E-state index contributed by atoms with van der Waals surface area (Å²) in [5, 5.41) is 6.02. The van der Waals surface area contributed by atoms with Gasteiger partial charge in [0.05, 0.1) is 0 Å².